The van der Waals surface area contributed by atoms with Gasteiger partial charge >= 0.3 is 0 Å². The highest BCUT2D eigenvalue weighted by molar-refractivity contribution is 7.89. The summed E-state index contributed by atoms with van der Waals surface area (Å²) < 4.78 is 26.2. The van der Waals surface area contributed by atoms with Crippen LogP contribution >= 0.6 is 0 Å². The van der Waals surface area contributed by atoms with E-state index in [1.54, 1.807) is 22.5 Å². The Labute approximate surface area is 97.1 Å². The smallest absolute Gasteiger partial charge is 0.207 e. The molecule has 0 amide bonds. The molecule has 1 aliphatic rings. The number of nitrogens with zero attached hydrogens (tertiary/aromatic N) is 1. The molecule has 1 aliphatic heterocycles. The summed E-state index contributed by atoms with van der Waals surface area (Å²) in [6.45, 7) is 3.12. The third kappa shape index (κ3) is 2.13. The molecule has 0 bridgehead atoms. The zero-order valence-electron chi connectivity index (χ0n) is 9.44. The van der Waals surface area contributed by atoms with Crippen molar-refractivity contribution in [1.82, 2.24) is 4.31 Å². The van der Waals surface area contributed by atoms with Crippen molar-refractivity contribution in [1.29, 1.82) is 0 Å². The highest BCUT2D eigenvalue weighted by Gasteiger charge is 2.26. The van der Waals surface area contributed by atoms with Crippen LogP contribution in [-0.4, -0.2) is 25.8 Å². The largest absolute Gasteiger partial charge is 0.243 e. The molecule has 0 spiro atoms. The Hall–Kier alpha value is -0.870. The molecule has 0 N–H and O–H groups in total. The molecule has 1 radical (unpaired) electrons. The van der Waals surface area contributed by atoms with Gasteiger partial charge in [-0.1, -0.05) is 18.6 Å². The summed E-state index contributed by atoms with van der Waals surface area (Å²) in [6.07, 6.45) is 3.07. The van der Waals surface area contributed by atoms with E-state index in [0.717, 1.165) is 24.8 Å². The number of sulfonamides is 1. The molecular weight excluding hydrogens is 222 g/mol. The maximum absolute atomic E-state index is 12.3. The minimum atomic E-state index is -3.29. The standard InChI is InChI=1S/C12H16NO2S/c1-11-7-3-4-8-12(11)16(14,15)13-9-5-2-6-10-13/h3,7-8H,2,5-6,9-10H2,1H3. The van der Waals surface area contributed by atoms with E-state index < -0.39 is 10.0 Å². The average molecular weight is 238 g/mol. The minimum Gasteiger partial charge on any atom is -0.207 e. The predicted octanol–water partition coefficient (Wildman–Crippen LogP) is 1.97. The second-order valence-electron chi connectivity index (χ2n) is 4.16. The van der Waals surface area contributed by atoms with Crippen molar-refractivity contribution >= 4 is 10.0 Å². The van der Waals surface area contributed by atoms with Gasteiger partial charge in [0, 0.05) is 13.1 Å². The molecule has 87 valence electrons. The first-order chi connectivity index (χ1) is 7.62. The topological polar surface area (TPSA) is 37.4 Å². The lowest BCUT2D eigenvalue weighted by Gasteiger charge is -2.26. The van der Waals surface area contributed by atoms with Crippen molar-refractivity contribution in [2.24, 2.45) is 0 Å². The Kier molecular flexibility index (Phi) is 3.30. The van der Waals surface area contributed by atoms with Crippen LogP contribution in [0.5, 0.6) is 0 Å². The maximum atomic E-state index is 12.3. The summed E-state index contributed by atoms with van der Waals surface area (Å²) in [6, 6.07) is 7.94. The van der Waals surface area contributed by atoms with Crippen LogP contribution in [0.3, 0.4) is 0 Å². The third-order valence-corrected chi connectivity index (χ3v) is 5.01. The van der Waals surface area contributed by atoms with Gasteiger partial charge < -0.3 is 0 Å². The quantitative estimate of drug-likeness (QED) is 0.790. The number of hydrogen-bond acceptors (Lipinski definition) is 2. The van der Waals surface area contributed by atoms with Crippen LogP contribution in [0, 0.1) is 13.0 Å². The van der Waals surface area contributed by atoms with E-state index in [1.165, 1.54) is 0 Å². The number of rotatable bonds is 2. The fraction of sp³-hybridized carbons (Fsp3) is 0.500. The fourth-order valence-electron chi connectivity index (χ4n) is 2.02. The monoisotopic (exact) mass is 238 g/mol. The lowest BCUT2D eigenvalue weighted by Crippen LogP contribution is -2.35. The average Bonchev–Trinajstić information content (AvgIpc) is 2.30. The summed E-state index contributed by atoms with van der Waals surface area (Å²) in [7, 11) is -3.29. The van der Waals surface area contributed by atoms with E-state index in [1.807, 2.05) is 6.92 Å². The van der Waals surface area contributed by atoms with Crippen LogP contribution in [0.1, 0.15) is 24.8 Å². The van der Waals surface area contributed by atoms with Crippen LogP contribution in [0.4, 0.5) is 0 Å². The van der Waals surface area contributed by atoms with Gasteiger partial charge in [-0.15, -0.1) is 0 Å². The van der Waals surface area contributed by atoms with Gasteiger partial charge in [0.1, 0.15) is 0 Å². The molecule has 1 saturated heterocycles. The van der Waals surface area contributed by atoms with E-state index in [2.05, 4.69) is 6.07 Å². The number of benzene rings is 1. The van der Waals surface area contributed by atoms with Crippen LogP contribution in [0.15, 0.2) is 23.1 Å². The molecule has 0 aliphatic carbocycles. The van der Waals surface area contributed by atoms with E-state index >= 15 is 0 Å². The van der Waals surface area contributed by atoms with Crippen LogP contribution < -0.4 is 0 Å². The van der Waals surface area contributed by atoms with Gasteiger partial charge in [-0.05, 0) is 37.5 Å². The fourth-order valence-corrected chi connectivity index (χ4v) is 3.72. The normalized spacial score (nSPS) is 18.6. The Balaban J connectivity index is 2.35. The van der Waals surface area contributed by atoms with Gasteiger partial charge in [-0.3, -0.25) is 0 Å². The first-order valence-corrected chi connectivity index (χ1v) is 7.03. The van der Waals surface area contributed by atoms with Gasteiger partial charge in [-0.2, -0.15) is 4.31 Å². The second-order valence-corrected chi connectivity index (χ2v) is 6.06. The Morgan fingerprint density at radius 1 is 1.25 bits per heavy atom. The van der Waals surface area contributed by atoms with Crippen LogP contribution in [0.2, 0.25) is 0 Å². The van der Waals surface area contributed by atoms with E-state index in [4.69, 9.17) is 0 Å². The van der Waals surface area contributed by atoms with Crippen molar-refractivity contribution in [2.75, 3.05) is 13.1 Å². The number of piperidine rings is 1. The van der Waals surface area contributed by atoms with E-state index in [9.17, 15) is 8.42 Å². The Morgan fingerprint density at radius 2 is 1.94 bits per heavy atom. The molecule has 3 nitrogen and oxygen atoms in total. The Bertz CT molecular complexity index is 462. The van der Waals surface area contributed by atoms with E-state index in [-0.39, 0.29) is 0 Å². The molecule has 1 aromatic carbocycles. The summed E-state index contributed by atoms with van der Waals surface area (Å²) in [5, 5.41) is 0. The number of hydrogen-bond donors (Lipinski definition) is 0. The molecular formula is C12H16NO2S. The molecule has 2 rings (SSSR count). The third-order valence-electron chi connectivity index (χ3n) is 2.97. The van der Waals surface area contributed by atoms with Crippen LogP contribution in [-0.2, 0) is 10.0 Å². The molecule has 1 aromatic rings. The van der Waals surface area contributed by atoms with E-state index in [0.29, 0.717) is 18.0 Å². The van der Waals surface area contributed by atoms with Gasteiger partial charge in [0.05, 0.1) is 4.90 Å². The Morgan fingerprint density at radius 3 is 2.56 bits per heavy atom. The summed E-state index contributed by atoms with van der Waals surface area (Å²) in [5.74, 6) is 0. The predicted molar refractivity (Wildman–Crippen MR) is 62.6 cm³/mol. The molecule has 1 heterocycles. The first kappa shape index (κ1) is 11.6. The van der Waals surface area contributed by atoms with Crippen molar-refractivity contribution in [2.45, 2.75) is 31.1 Å². The first-order valence-electron chi connectivity index (χ1n) is 5.59. The van der Waals surface area contributed by atoms with Crippen molar-refractivity contribution < 1.29 is 8.42 Å². The molecule has 0 unspecified atom stereocenters. The molecule has 16 heavy (non-hydrogen) atoms. The van der Waals surface area contributed by atoms with Gasteiger partial charge in [-0.25, -0.2) is 8.42 Å². The van der Waals surface area contributed by atoms with Crippen molar-refractivity contribution in [3.8, 4) is 0 Å². The highest BCUT2D eigenvalue weighted by atomic mass is 32.2. The number of aryl methyl sites for hydroxylation is 1. The molecule has 4 heteroatoms. The molecule has 0 aromatic heterocycles. The van der Waals surface area contributed by atoms with Crippen LogP contribution in [0.25, 0.3) is 0 Å². The summed E-state index contributed by atoms with van der Waals surface area (Å²) >= 11 is 0. The van der Waals surface area contributed by atoms with Gasteiger partial charge in [0.15, 0.2) is 0 Å². The van der Waals surface area contributed by atoms with Gasteiger partial charge in [0.25, 0.3) is 0 Å². The van der Waals surface area contributed by atoms with Gasteiger partial charge in [0.2, 0.25) is 10.0 Å². The molecule has 1 fully saturated rings. The zero-order chi connectivity index (χ0) is 11.6. The van der Waals surface area contributed by atoms with Crippen molar-refractivity contribution in [3.05, 3.63) is 29.8 Å². The summed E-state index contributed by atoms with van der Waals surface area (Å²) in [5.41, 5.74) is 0.796. The molecule has 0 saturated carbocycles. The molecule has 0 atom stereocenters. The second kappa shape index (κ2) is 4.55. The lowest BCUT2D eigenvalue weighted by molar-refractivity contribution is 0.346. The van der Waals surface area contributed by atoms with Crippen molar-refractivity contribution in [3.63, 3.8) is 0 Å². The summed E-state index contributed by atoms with van der Waals surface area (Å²) in [4.78, 5) is 0.400. The lowest BCUT2D eigenvalue weighted by atomic mass is 10.2. The SMILES string of the molecule is Cc1cc[c]cc1S(=O)(=O)N1CCCCC1. The minimum absolute atomic E-state index is 0.400. The zero-order valence-corrected chi connectivity index (χ0v) is 10.3. The highest BCUT2D eigenvalue weighted by Crippen LogP contribution is 2.22. The maximum Gasteiger partial charge on any atom is 0.243 e.